The van der Waals surface area contributed by atoms with Crippen molar-refractivity contribution in [3.05, 3.63) is 101 Å². The van der Waals surface area contributed by atoms with Crippen LogP contribution < -0.4 is 15.0 Å². The van der Waals surface area contributed by atoms with Crippen LogP contribution in [0.25, 0.3) is 5.69 Å². The second kappa shape index (κ2) is 10.8. The van der Waals surface area contributed by atoms with Gasteiger partial charge in [-0.15, -0.1) is 0 Å². The molecule has 38 heavy (non-hydrogen) atoms. The van der Waals surface area contributed by atoms with Crippen LogP contribution in [0.5, 0.6) is 5.75 Å². The van der Waals surface area contributed by atoms with Crippen LogP contribution in [0.2, 0.25) is 0 Å². The molecule has 0 aliphatic carbocycles. The van der Waals surface area contributed by atoms with E-state index < -0.39 is 6.04 Å². The number of nitrogens with zero attached hydrogens (tertiary/aromatic N) is 3. The highest BCUT2D eigenvalue weighted by atomic mass is 32.2. The van der Waals surface area contributed by atoms with Crippen molar-refractivity contribution in [2.24, 2.45) is 0 Å². The number of hydrogen-bond acceptors (Lipinski definition) is 5. The summed E-state index contributed by atoms with van der Waals surface area (Å²) in [7, 11) is 1.61. The average Bonchev–Trinajstić information content (AvgIpc) is 3.17. The van der Waals surface area contributed by atoms with Gasteiger partial charge in [-0.3, -0.25) is 14.5 Å². The molecule has 0 saturated carbocycles. The lowest BCUT2D eigenvalue weighted by Gasteiger charge is -2.31. The second-order valence-electron chi connectivity index (χ2n) is 9.33. The molecule has 0 saturated heterocycles. The number of para-hydroxylation sites is 2. The average molecular weight is 527 g/mol. The molecule has 1 aromatic heterocycles. The summed E-state index contributed by atoms with van der Waals surface area (Å²) in [6.07, 6.45) is 0. The Kier molecular flexibility index (Phi) is 7.24. The minimum atomic E-state index is -0.889. The minimum Gasteiger partial charge on any atom is -0.496 e. The number of hydrogen-bond donors (Lipinski definition) is 1. The molecule has 0 fully saturated rings. The van der Waals surface area contributed by atoms with Crippen LogP contribution in [-0.4, -0.2) is 34.5 Å². The van der Waals surface area contributed by atoms with Gasteiger partial charge in [0.25, 0.3) is 0 Å². The van der Waals surface area contributed by atoms with Crippen molar-refractivity contribution in [3.8, 4) is 11.4 Å². The summed E-state index contributed by atoms with van der Waals surface area (Å²) >= 11 is 1.42. The minimum absolute atomic E-state index is 0.128. The van der Waals surface area contributed by atoms with Crippen molar-refractivity contribution in [2.45, 2.75) is 38.4 Å². The van der Waals surface area contributed by atoms with Gasteiger partial charge >= 0.3 is 0 Å². The first kappa shape index (κ1) is 25.6. The zero-order chi connectivity index (χ0) is 26.8. The number of thioether (sulfide) groups is 1. The van der Waals surface area contributed by atoms with Crippen molar-refractivity contribution >= 4 is 29.3 Å². The van der Waals surface area contributed by atoms with Crippen LogP contribution in [-0.2, 0) is 16.1 Å². The van der Waals surface area contributed by atoms with E-state index in [0.29, 0.717) is 11.4 Å². The molecule has 2 amide bonds. The van der Waals surface area contributed by atoms with Gasteiger partial charge in [-0.1, -0.05) is 60.3 Å². The van der Waals surface area contributed by atoms with Gasteiger partial charge in [-0.05, 0) is 56.2 Å². The molecule has 1 atom stereocenters. The van der Waals surface area contributed by atoms with Crippen molar-refractivity contribution in [2.75, 3.05) is 17.8 Å². The fourth-order valence-electron chi connectivity index (χ4n) is 4.82. The Bertz CT molecular complexity index is 1500. The Morgan fingerprint density at radius 2 is 1.79 bits per heavy atom. The van der Waals surface area contributed by atoms with Gasteiger partial charge in [-0.2, -0.15) is 5.10 Å². The fraction of sp³-hybridized carbons (Fsp3) is 0.233. The van der Waals surface area contributed by atoms with Gasteiger partial charge < -0.3 is 10.1 Å². The zero-order valence-electron chi connectivity index (χ0n) is 21.9. The third-order valence-corrected chi connectivity index (χ3v) is 7.77. The second-order valence-corrected chi connectivity index (χ2v) is 10.3. The number of nitrogens with one attached hydrogen (secondary N) is 1. The Hall–Kier alpha value is -4.04. The first-order valence-corrected chi connectivity index (χ1v) is 13.4. The molecule has 1 N–H and O–H groups in total. The number of fused-ring (bicyclic) bond motifs is 1. The molecule has 8 heteroatoms. The molecule has 1 aliphatic rings. The van der Waals surface area contributed by atoms with Gasteiger partial charge in [0.05, 0.1) is 24.2 Å². The van der Waals surface area contributed by atoms with E-state index >= 15 is 0 Å². The van der Waals surface area contributed by atoms with Crippen LogP contribution in [0.1, 0.15) is 34.0 Å². The zero-order valence-corrected chi connectivity index (χ0v) is 22.7. The van der Waals surface area contributed by atoms with Crippen LogP contribution in [0.4, 0.5) is 5.69 Å². The number of aromatic nitrogens is 2. The molecule has 4 aromatic rings. The molecule has 5 rings (SSSR count). The summed E-state index contributed by atoms with van der Waals surface area (Å²) in [6, 6.07) is 22.5. The van der Waals surface area contributed by atoms with Crippen LogP contribution in [0, 0.1) is 20.8 Å². The number of rotatable bonds is 6. The predicted octanol–water partition coefficient (Wildman–Crippen LogP) is 5.30. The molecule has 194 valence electrons. The normalized spacial score (nSPS) is 15.1. The van der Waals surface area contributed by atoms with Gasteiger partial charge in [0.2, 0.25) is 11.8 Å². The number of amides is 2. The highest BCUT2D eigenvalue weighted by Gasteiger charge is 2.41. The summed E-state index contributed by atoms with van der Waals surface area (Å²) in [6.45, 7) is 6.12. The van der Waals surface area contributed by atoms with Gasteiger partial charge in [0.1, 0.15) is 16.8 Å². The SMILES string of the molecule is COc1ccccc1CNC(=O)[C@@H]1c2c(C)nn(-c3ccccc3)c2SCC(=O)N1c1cc(C)ccc1C. The van der Waals surface area contributed by atoms with E-state index in [0.717, 1.165) is 38.7 Å². The maximum Gasteiger partial charge on any atom is 0.248 e. The van der Waals surface area contributed by atoms with Gasteiger partial charge in [0, 0.05) is 23.4 Å². The lowest BCUT2D eigenvalue weighted by molar-refractivity contribution is -0.126. The molecule has 3 aromatic carbocycles. The largest absolute Gasteiger partial charge is 0.496 e. The predicted molar refractivity (Wildman–Crippen MR) is 150 cm³/mol. The van der Waals surface area contributed by atoms with E-state index in [1.807, 2.05) is 98.2 Å². The summed E-state index contributed by atoms with van der Waals surface area (Å²) in [5.74, 6) is 0.482. The summed E-state index contributed by atoms with van der Waals surface area (Å²) in [5, 5.41) is 8.72. The van der Waals surface area contributed by atoms with Crippen molar-refractivity contribution in [1.29, 1.82) is 0 Å². The topological polar surface area (TPSA) is 76.5 Å². The quantitative estimate of drug-likeness (QED) is 0.369. The van der Waals surface area contributed by atoms with Gasteiger partial charge in [0.15, 0.2) is 0 Å². The maximum absolute atomic E-state index is 14.1. The smallest absolute Gasteiger partial charge is 0.248 e. The highest BCUT2D eigenvalue weighted by Crippen LogP contribution is 2.42. The third-order valence-electron chi connectivity index (χ3n) is 6.71. The number of ether oxygens (including phenoxy) is 1. The molecule has 2 heterocycles. The van der Waals surface area contributed by atoms with Gasteiger partial charge in [-0.25, -0.2) is 4.68 Å². The fourth-order valence-corrected chi connectivity index (χ4v) is 5.90. The maximum atomic E-state index is 14.1. The number of carbonyl (C=O) groups is 2. The van der Waals surface area contributed by atoms with Crippen molar-refractivity contribution < 1.29 is 14.3 Å². The standard InChI is InChI=1S/C30H30N4O3S/c1-19-14-15-20(2)24(16-19)33-26(35)18-38-30-27(21(3)32-34(30)23-11-6-5-7-12-23)28(33)29(36)31-17-22-10-8-9-13-25(22)37-4/h5-16,28H,17-18H2,1-4H3,(H,31,36)/t28-/m0/s1. The molecule has 1 aliphatic heterocycles. The lowest BCUT2D eigenvalue weighted by atomic mass is 10.0. The summed E-state index contributed by atoms with van der Waals surface area (Å²) in [5.41, 5.74) is 5.85. The molecule has 0 spiro atoms. The van der Waals surface area contributed by atoms with E-state index in [2.05, 4.69) is 5.32 Å². The number of anilines is 1. The molecule has 0 radical (unpaired) electrons. The van der Waals surface area contributed by atoms with Crippen LogP contribution in [0.3, 0.4) is 0 Å². The van der Waals surface area contributed by atoms with E-state index in [1.165, 1.54) is 11.8 Å². The van der Waals surface area contributed by atoms with Crippen LogP contribution in [0.15, 0.2) is 77.8 Å². The Morgan fingerprint density at radius 3 is 2.55 bits per heavy atom. The van der Waals surface area contributed by atoms with E-state index in [9.17, 15) is 9.59 Å². The summed E-state index contributed by atoms with van der Waals surface area (Å²) in [4.78, 5) is 29.5. The van der Waals surface area contributed by atoms with Crippen molar-refractivity contribution in [1.82, 2.24) is 15.1 Å². The first-order chi connectivity index (χ1) is 18.4. The lowest BCUT2D eigenvalue weighted by Crippen LogP contribution is -2.44. The monoisotopic (exact) mass is 526 g/mol. The number of methoxy groups -OCH3 is 1. The molecular weight excluding hydrogens is 496 g/mol. The number of carbonyl (C=O) groups excluding carboxylic acids is 2. The van der Waals surface area contributed by atoms with E-state index in [-0.39, 0.29) is 24.1 Å². The molecule has 7 nitrogen and oxygen atoms in total. The Labute approximate surface area is 226 Å². The third kappa shape index (κ3) is 4.79. The van der Waals surface area contributed by atoms with Crippen LogP contribution >= 0.6 is 11.8 Å². The number of aryl methyl sites for hydroxylation is 3. The van der Waals surface area contributed by atoms with E-state index in [4.69, 9.17) is 9.84 Å². The molecule has 0 bridgehead atoms. The van der Waals surface area contributed by atoms with Crippen molar-refractivity contribution in [3.63, 3.8) is 0 Å². The first-order valence-electron chi connectivity index (χ1n) is 12.5. The van der Waals surface area contributed by atoms with E-state index in [1.54, 1.807) is 12.0 Å². The molecule has 0 unspecified atom stereocenters. The Morgan fingerprint density at radius 1 is 1.05 bits per heavy atom. The summed E-state index contributed by atoms with van der Waals surface area (Å²) < 4.78 is 7.32. The molecular formula is C30H30N4O3S. The Balaban J connectivity index is 1.64. The number of benzene rings is 3. The highest BCUT2D eigenvalue weighted by molar-refractivity contribution is 8.00.